The summed E-state index contributed by atoms with van der Waals surface area (Å²) in [6.45, 7) is 0. The summed E-state index contributed by atoms with van der Waals surface area (Å²) in [5.41, 5.74) is 2.30. The second kappa shape index (κ2) is 6.78. The van der Waals surface area contributed by atoms with Gasteiger partial charge >= 0.3 is 0 Å². The minimum Gasteiger partial charge on any atom is -0.496 e. The summed E-state index contributed by atoms with van der Waals surface area (Å²) < 4.78 is 7.36. The van der Waals surface area contributed by atoms with E-state index < -0.39 is 0 Å². The lowest BCUT2D eigenvalue weighted by Gasteiger charge is -2.14. The number of hydrogen-bond acceptors (Lipinski definition) is 1. The molecule has 0 radical (unpaired) electrons. The lowest BCUT2D eigenvalue weighted by Crippen LogP contribution is -1.96. The Morgan fingerprint density at radius 2 is 1.95 bits per heavy atom. The fourth-order valence-electron chi connectivity index (χ4n) is 1.73. The summed E-state index contributed by atoms with van der Waals surface area (Å²) in [4.78, 5) is 0.0975. The topological polar surface area (TPSA) is 9.23 Å². The zero-order valence-corrected chi connectivity index (χ0v) is 16.0. The standard InChI is InChI=1S/C14H10Br2ClIO/c1-19-13-5-2-8(6-11(13)15)14(16)10-7-9(17)3-4-12(10)18/h2-7,14H,1H3. The Labute approximate surface area is 148 Å². The summed E-state index contributed by atoms with van der Waals surface area (Å²) in [6.07, 6.45) is 0. The molecule has 5 heteroatoms. The zero-order chi connectivity index (χ0) is 14.0. The van der Waals surface area contributed by atoms with Gasteiger partial charge in [-0.05, 0) is 80.0 Å². The zero-order valence-electron chi connectivity index (χ0n) is 9.96. The van der Waals surface area contributed by atoms with Crippen LogP contribution in [0.15, 0.2) is 40.9 Å². The van der Waals surface area contributed by atoms with Crippen LogP contribution in [0, 0.1) is 3.57 Å². The van der Waals surface area contributed by atoms with Crippen LogP contribution in [0.3, 0.4) is 0 Å². The molecular weight excluding hydrogens is 506 g/mol. The second-order valence-electron chi connectivity index (χ2n) is 3.92. The summed E-state index contributed by atoms with van der Waals surface area (Å²) in [5.74, 6) is 0.823. The Kier molecular flexibility index (Phi) is 5.57. The lowest BCUT2D eigenvalue weighted by atomic mass is 10.0. The molecule has 0 aliphatic rings. The monoisotopic (exact) mass is 514 g/mol. The van der Waals surface area contributed by atoms with Crippen molar-refractivity contribution in [2.75, 3.05) is 7.11 Å². The quantitative estimate of drug-likeness (QED) is 0.349. The molecule has 0 amide bonds. The Hall–Kier alpha value is 0.220. The van der Waals surface area contributed by atoms with Gasteiger partial charge in [-0.25, -0.2) is 0 Å². The normalized spacial score (nSPS) is 12.3. The smallest absolute Gasteiger partial charge is 0.133 e. The summed E-state index contributed by atoms with van der Waals surface area (Å²) in [5, 5.41) is 0.743. The molecule has 0 aliphatic carbocycles. The van der Waals surface area contributed by atoms with Gasteiger partial charge in [0.25, 0.3) is 0 Å². The highest BCUT2D eigenvalue weighted by Crippen LogP contribution is 2.37. The summed E-state index contributed by atoms with van der Waals surface area (Å²) >= 11 is 15.6. The van der Waals surface area contributed by atoms with E-state index in [0.717, 1.165) is 26.4 Å². The molecule has 0 aliphatic heterocycles. The van der Waals surface area contributed by atoms with Crippen LogP contribution in [0.5, 0.6) is 5.75 Å². The molecule has 100 valence electrons. The van der Waals surface area contributed by atoms with Crippen molar-refractivity contribution in [1.29, 1.82) is 0 Å². The van der Waals surface area contributed by atoms with Gasteiger partial charge in [0.1, 0.15) is 5.75 Å². The number of alkyl halides is 1. The number of benzene rings is 2. The maximum absolute atomic E-state index is 6.07. The minimum absolute atomic E-state index is 0.0975. The van der Waals surface area contributed by atoms with E-state index in [0.29, 0.717) is 0 Å². The van der Waals surface area contributed by atoms with Gasteiger partial charge < -0.3 is 4.74 Å². The Morgan fingerprint density at radius 3 is 2.58 bits per heavy atom. The third-order valence-electron chi connectivity index (χ3n) is 2.70. The highest BCUT2D eigenvalue weighted by Gasteiger charge is 2.15. The molecule has 0 aromatic heterocycles. The van der Waals surface area contributed by atoms with Crippen LogP contribution in [0.2, 0.25) is 5.02 Å². The number of halogens is 4. The fraction of sp³-hybridized carbons (Fsp3) is 0.143. The van der Waals surface area contributed by atoms with Gasteiger partial charge in [-0.1, -0.05) is 33.6 Å². The second-order valence-corrected chi connectivity index (χ2v) is 7.29. The molecule has 2 aromatic rings. The first-order valence-electron chi connectivity index (χ1n) is 5.45. The van der Waals surface area contributed by atoms with Crippen molar-refractivity contribution in [1.82, 2.24) is 0 Å². The van der Waals surface area contributed by atoms with E-state index in [-0.39, 0.29) is 4.83 Å². The van der Waals surface area contributed by atoms with Gasteiger partial charge in [-0.2, -0.15) is 0 Å². The van der Waals surface area contributed by atoms with Gasteiger partial charge in [-0.3, -0.25) is 0 Å². The average Bonchev–Trinajstić information content (AvgIpc) is 2.40. The Bertz CT molecular complexity index is 604. The third kappa shape index (κ3) is 3.65. The fourth-order valence-corrected chi connectivity index (χ4v) is 4.21. The average molecular weight is 516 g/mol. The van der Waals surface area contributed by atoms with E-state index in [9.17, 15) is 0 Å². The first-order chi connectivity index (χ1) is 9.02. The van der Waals surface area contributed by atoms with Gasteiger partial charge in [0, 0.05) is 8.59 Å². The SMILES string of the molecule is COc1ccc(C(Br)c2cc(Cl)ccc2I)cc1Br. The third-order valence-corrected chi connectivity index (χ3v) is 5.56. The van der Waals surface area contributed by atoms with Crippen LogP contribution >= 0.6 is 66.1 Å². The Balaban J connectivity index is 2.41. The summed E-state index contributed by atoms with van der Waals surface area (Å²) in [7, 11) is 1.66. The molecule has 1 unspecified atom stereocenters. The number of ether oxygens (including phenoxy) is 1. The van der Waals surface area contributed by atoms with Crippen molar-refractivity contribution in [3.05, 3.63) is 60.6 Å². The van der Waals surface area contributed by atoms with Crippen LogP contribution in [0.1, 0.15) is 16.0 Å². The molecule has 19 heavy (non-hydrogen) atoms. The molecule has 0 heterocycles. The van der Waals surface area contributed by atoms with E-state index in [1.165, 1.54) is 3.57 Å². The largest absolute Gasteiger partial charge is 0.496 e. The molecule has 0 spiro atoms. The van der Waals surface area contributed by atoms with E-state index >= 15 is 0 Å². The molecule has 0 saturated heterocycles. The van der Waals surface area contributed by atoms with Gasteiger partial charge in [0.05, 0.1) is 16.4 Å². The first kappa shape index (κ1) is 15.6. The van der Waals surface area contributed by atoms with Crippen molar-refractivity contribution in [3.63, 3.8) is 0 Å². The highest BCUT2D eigenvalue weighted by atomic mass is 127. The van der Waals surface area contributed by atoms with Crippen molar-refractivity contribution in [2.45, 2.75) is 4.83 Å². The highest BCUT2D eigenvalue weighted by molar-refractivity contribution is 14.1. The van der Waals surface area contributed by atoms with Crippen LogP contribution in [-0.4, -0.2) is 7.11 Å². The van der Waals surface area contributed by atoms with Crippen molar-refractivity contribution in [3.8, 4) is 5.75 Å². The summed E-state index contributed by atoms with van der Waals surface area (Å²) in [6, 6.07) is 11.9. The lowest BCUT2D eigenvalue weighted by molar-refractivity contribution is 0.412. The molecule has 0 bridgehead atoms. The molecular formula is C14H10Br2ClIO. The van der Waals surface area contributed by atoms with Crippen molar-refractivity contribution in [2.24, 2.45) is 0 Å². The number of hydrogen-bond donors (Lipinski definition) is 0. The van der Waals surface area contributed by atoms with Crippen LogP contribution in [0.25, 0.3) is 0 Å². The van der Waals surface area contributed by atoms with Crippen molar-refractivity contribution >= 4 is 66.1 Å². The Morgan fingerprint density at radius 1 is 1.21 bits per heavy atom. The van der Waals surface area contributed by atoms with Gasteiger partial charge in [0.15, 0.2) is 0 Å². The molecule has 0 fully saturated rings. The van der Waals surface area contributed by atoms with Gasteiger partial charge in [-0.15, -0.1) is 0 Å². The van der Waals surface area contributed by atoms with Crippen LogP contribution < -0.4 is 4.74 Å². The maximum atomic E-state index is 6.07. The predicted octanol–water partition coefficient (Wildman–Crippen LogP) is 6.20. The molecule has 1 atom stereocenters. The molecule has 0 saturated carbocycles. The number of methoxy groups -OCH3 is 1. The molecule has 2 aromatic carbocycles. The van der Waals surface area contributed by atoms with E-state index in [1.807, 2.05) is 30.3 Å². The molecule has 2 rings (SSSR count). The minimum atomic E-state index is 0.0975. The molecule has 1 nitrogen and oxygen atoms in total. The van der Waals surface area contributed by atoms with E-state index in [1.54, 1.807) is 7.11 Å². The molecule has 0 N–H and O–H groups in total. The van der Waals surface area contributed by atoms with Gasteiger partial charge in [0.2, 0.25) is 0 Å². The first-order valence-corrected chi connectivity index (χ1v) is 8.62. The van der Waals surface area contributed by atoms with E-state index in [2.05, 4.69) is 60.5 Å². The van der Waals surface area contributed by atoms with E-state index in [4.69, 9.17) is 16.3 Å². The van der Waals surface area contributed by atoms with Crippen LogP contribution in [-0.2, 0) is 0 Å². The maximum Gasteiger partial charge on any atom is 0.133 e. The predicted molar refractivity (Wildman–Crippen MR) is 95.6 cm³/mol. The van der Waals surface area contributed by atoms with Crippen LogP contribution in [0.4, 0.5) is 0 Å². The number of rotatable bonds is 3. The van der Waals surface area contributed by atoms with Crippen molar-refractivity contribution < 1.29 is 4.74 Å².